The van der Waals surface area contributed by atoms with Gasteiger partial charge < -0.3 is 5.32 Å². The highest BCUT2D eigenvalue weighted by Crippen LogP contribution is 2.08. The molecule has 0 radical (unpaired) electrons. The molecule has 0 aliphatic heterocycles. The van der Waals surface area contributed by atoms with Crippen molar-refractivity contribution in [1.29, 1.82) is 0 Å². The third kappa shape index (κ3) is 8.88. The summed E-state index contributed by atoms with van der Waals surface area (Å²) in [6.07, 6.45) is 1.82. The monoisotopic (exact) mass is 339 g/mol. The minimum Gasteiger partial charge on any atom is -0.383 e. The Morgan fingerprint density at radius 2 is 1.62 bits per heavy atom. The van der Waals surface area contributed by atoms with E-state index in [1.54, 1.807) is 0 Å². The Kier molecular flexibility index (Phi) is 19.1. The summed E-state index contributed by atoms with van der Waals surface area (Å²) >= 11 is 0. The predicted molar refractivity (Wildman–Crippen MR) is 83.8 cm³/mol. The molecule has 0 unspecified atom stereocenters. The lowest BCUT2D eigenvalue weighted by molar-refractivity contribution is 1.00. The second kappa shape index (κ2) is 14.6. The van der Waals surface area contributed by atoms with Crippen LogP contribution in [0.4, 0.5) is 5.69 Å². The number of rotatable bonds is 2. The zero-order chi connectivity index (χ0) is 12.3. The van der Waals surface area contributed by atoms with E-state index in [1.807, 2.05) is 47.7 Å². The smallest absolute Gasteiger partial charge is 0.125 e. The lowest BCUT2D eigenvalue weighted by atomic mass is 10.3. The highest BCUT2D eigenvalue weighted by Gasteiger charge is 1.97. The highest BCUT2D eigenvalue weighted by molar-refractivity contribution is 14.0. The van der Waals surface area contributed by atoms with Crippen LogP contribution in [-0.2, 0) is 0 Å². The molecule has 1 N–H and O–H groups in total. The number of nitrogens with zero attached hydrogens (tertiary/aromatic N) is 2. The molecular formula is C12H26IN3. The summed E-state index contributed by atoms with van der Waals surface area (Å²) in [5, 5.41) is 3.18. The average Bonchev–Trinajstić information content (AvgIpc) is 2.28. The van der Waals surface area contributed by atoms with Crippen molar-refractivity contribution < 1.29 is 0 Å². The van der Waals surface area contributed by atoms with Gasteiger partial charge in [0.1, 0.15) is 5.82 Å². The van der Waals surface area contributed by atoms with Crippen molar-refractivity contribution in [2.24, 2.45) is 0 Å². The Hall–Kier alpha value is -0.390. The predicted octanol–water partition coefficient (Wildman–Crippen LogP) is 4.20. The second-order valence-corrected chi connectivity index (χ2v) is 2.45. The first-order chi connectivity index (χ1) is 7.24. The molecule has 0 aliphatic carbocycles. The van der Waals surface area contributed by atoms with Crippen LogP contribution in [0.1, 0.15) is 46.1 Å². The molecule has 16 heavy (non-hydrogen) atoms. The second-order valence-electron chi connectivity index (χ2n) is 2.45. The number of nitrogens with one attached hydrogen (secondary N) is 1. The largest absolute Gasteiger partial charge is 0.383 e. The molecule has 0 aromatic carbocycles. The van der Waals surface area contributed by atoms with Crippen molar-refractivity contribution in [2.75, 3.05) is 11.9 Å². The van der Waals surface area contributed by atoms with Gasteiger partial charge in [-0.1, -0.05) is 27.7 Å². The van der Waals surface area contributed by atoms with Crippen LogP contribution in [0.15, 0.2) is 6.20 Å². The van der Waals surface area contributed by atoms with Gasteiger partial charge in [0.25, 0.3) is 0 Å². The highest BCUT2D eigenvalue weighted by atomic mass is 127. The van der Waals surface area contributed by atoms with Crippen LogP contribution in [0.5, 0.6) is 0 Å². The van der Waals surface area contributed by atoms with Crippen LogP contribution in [0, 0.1) is 13.8 Å². The number of aryl methyl sites for hydroxylation is 2. The van der Waals surface area contributed by atoms with E-state index in [2.05, 4.69) is 22.2 Å². The maximum Gasteiger partial charge on any atom is 0.125 e. The van der Waals surface area contributed by atoms with E-state index in [0.29, 0.717) is 0 Å². The average molecular weight is 339 g/mol. The van der Waals surface area contributed by atoms with Gasteiger partial charge >= 0.3 is 0 Å². The van der Waals surface area contributed by atoms with Gasteiger partial charge in [-0.05, 0) is 20.8 Å². The molecule has 0 atom stereocenters. The Morgan fingerprint density at radius 3 is 2.00 bits per heavy atom. The van der Waals surface area contributed by atoms with Crippen LogP contribution in [0.2, 0.25) is 0 Å². The standard InChI is InChI=1S/C8H13N3.2C2H6.HI/c1-4-9-8-5-10-7(3)11-6(8)2;2*1-2;/h5,9H,4H2,1-3H3;2*1-2H3;1H. The van der Waals surface area contributed by atoms with Crippen molar-refractivity contribution in [3.63, 3.8) is 0 Å². The molecule has 0 saturated heterocycles. The van der Waals surface area contributed by atoms with E-state index in [0.717, 1.165) is 23.8 Å². The molecule has 3 nitrogen and oxygen atoms in total. The Morgan fingerprint density at radius 1 is 1.12 bits per heavy atom. The third-order valence-corrected chi connectivity index (χ3v) is 1.47. The summed E-state index contributed by atoms with van der Waals surface area (Å²) in [7, 11) is 0. The van der Waals surface area contributed by atoms with E-state index in [1.165, 1.54) is 0 Å². The fraction of sp³-hybridized carbons (Fsp3) is 0.667. The van der Waals surface area contributed by atoms with Gasteiger partial charge in [0.05, 0.1) is 17.6 Å². The molecule has 0 saturated carbocycles. The quantitative estimate of drug-likeness (QED) is 0.821. The number of hydrogen-bond donors (Lipinski definition) is 1. The van der Waals surface area contributed by atoms with Gasteiger partial charge in [0, 0.05) is 6.54 Å². The summed E-state index contributed by atoms with van der Waals surface area (Å²) < 4.78 is 0. The van der Waals surface area contributed by atoms with E-state index < -0.39 is 0 Å². The fourth-order valence-corrected chi connectivity index (χ4v) is 0.947. The molecule has 1 aromatic rings. The zero-order valence-electron chi connectivity index (χ0n) is 11.6. The van der Waals surface area contributed by atoms with Gasteiger partial charge in [0.15, 0.2) is 0 Å². The summed E-state index contributed by atoms with van der Waals surface area (Å²) in [5.41, 5.74) is 2.04. The molecule has 4 heteroatoms. The van der Waals surface area contributed by atoms with Crippen LogP contribution in [0.25, 0.3) is 0 Å². The van der Waals surface area contributed by atoms with Crippen molar-refractivity contribution in [3.05, 3.63) is 17.7 Å². The molecular weight excluding hydrogens is 313 g/mol. The topological polar surface area (TPSA) is 37.8 Å². The Bertz CT molecular complexity index is 252. The molecule has 96 valence electrons. The normalized spacial score (nSPS) is 7.44. The lowest BCUT2D eigenvalue weighted by Crippen LogP contribution is -2.02. The molecule has 1 heterocycles. The van der Waals surface area contributed by atoms with Crippen LogP contribution >= 0.6 is 24.0 Å². The minimum absolute atomic E-state index is 0. The van der Waals surface area contributed by atoms with Crippen molar-refractivity contribution >= 4 is 29.7 Å². The fourth-order valence-electron chi connectivity index (χ4n) is 0.947. The van der Waals surface area contributed by atoms with Crippen molar-refractivity contribution in [2.45, 2.75) is 48.5 Å². The van der Waals surface area contributed by atoms with Gasteiger partial charge in [-0.3, -0.25) is 0 Å². The molecule has 0 fully saturated rings. The summed E-state index contributed by atoms with van der Waals surface area (Å²) in [5.74, 6) is 0.823. The molecule has 1 rings (SSSR count). The molecule has 0 bridgehead atoms. The van der Waals surface area contributed by atoms with Gasteiger partial charge in [-0.2, -0.15) is 0 Å². The van der Waals surface area contributed by atoms with Crippen LogP contribution in [0.3, 0.4) is 0 Å². The van der Waals surface area contributed by atoms with E-state index >= 15 is 0 Å². The molecule has 1 aromatic heterocycles. The molecule has 0 spiro atoms. The van der Waals surface area contributed by atoms with Crippen molar-refractivity contribution in [3.8, 4) is 0 Å². The van der Waals surface area contributed by atoms with Gasteiger partial charge in [-0.15, -0.1) is 24.0 Å². The maximum absolute atomic E-state index is 4.22. The van der Waals surface area contributed by atoms with Crippen molar-refractivity contribution in [1.82, 2.24) is 9.97 Å². The lowest BCUT2D eigenvalue weighted by Gasteiger charge is -2.05. The maximum atomic E-state index is 4.22. The number of anilines is 1. The first-order valence-electron chi connectivity index (χ1n) is 5.78. The SMILES string of the molecule is CC.CC.CCNc1cnc(C)nc1C.I. The van der Waals surface area contributed by atoms with E-state index in [9.17, 15) is 0 Å². The summed E-state index contributed by atoms with van der Waals surface area (Å²) in [4.78, 5) is 8.30. The Labute approximate surface area is 117 Å². The van der Waals surface area contributed by atoms with E-state index in [4.69, 9.17) is 0 Å². The van der Waals surface area contributed by atoms with Gasteiger partial charge in [0.2, 0.25) is 0 Å². The summed E-state index contributed by atoms with van der Waals surface area (Å²) in [6, 6.07) is 0. The summed E-state index contributed by atoms with van der Waals surface area (Å²) in [6.45, 7) is 14.8. The first-order valence-corrected chi connectivity index (χ1v) is 5.78. The van der Waals surface area contributed by atoms with E-state index in [-0.39, 0.29) is 24.0 Å². The van der Waals surface area contributed by atoms with Gasteiger partial charge in [-0.25, -0.2) is 9.97 Å². The first kappa shape index (κ1) is 21.0. The zero-order valence-corrected chi connectivity index (χ0v) is 13.9. The molecule has 0 aliphatic rings. The number of aromatic nitrogens is 2. The third-order valence-electron chi connectivity index (χ3n) is 1.47. The molecule has 0 amide bonds. The van der Waals surface area contributed by atoms with Crippen LogP contribution < -0.4 is 5.32 Å². The minimum atomic E-state index is 0. The Balaban J connectivity index is -0.000000305. The van der Waals surface area contributed by atoms with Crippen LogP contribution in [-0.4, -0.2) is 16.5 Å². The number of halogens is 1. The number of hydrogen-bond acceptors (Lipinski definition) is 3.